The average Bonchev–Trinajstić information content (AvgIpc) is 2.52. The minimum atomic E-state index is -0.287. The third-order valence-electron chi connectivity index (χ3n) is 2.11. The number of fused-ring (bicyclic) bond motifs is 3. The van der Waals surface area contributed by atoms with Gasteiger partial charge in [-0.15, -0.1) is 0 Å². The molecule has 3 aliphatic heterocycles. The Morgan fingerprint density at radius 3 is 1.82 bits per heavy atom. The number of rotatable bonds is 0. The van der Waals surface area contributed by atoms with Gasteiger partial charge < -0.3 is 23.7 Å². The smallest absolute Gasteiger partial charge is 0.192 e. The van der Waals surface area contributed by atoms with Crippen molar-refractivity contribution in [3.63, 3.8) is 0 Å². The highest BCUT2D eigenvalue weighted by atomic mass is 16.9. The molecule has 0 aromatic heterocycles. The third kappa shape index (κ3) is 0.771. The third-order valence-corrected chi connectivity index (χ3v) is 2.11. The van der Waals surface area contributed by atoms with Gasteiger partial charge in [-0.2, -0.15) is 0 Å². The van der Waals surface area contributed by atoms with Crippen LogP contribution in [0.3, 0.4) is 0 Å². The van der Waals surface area contributed by atoms with E-state index in [1.54, 1.807) is 0 Å². The summed E-state index contributed by atoms with van der Waals surface area (Å²) in [6, 6.07) is 0. The largest absolute Gasteiger partial charge is 0.344 e. The molecule has 0 aliphatic carbocycles. The van der Waals surface area contributed by atoms with Gasteiger partial charge in [-0.25, -0.2) is 0 Å². The van der Waals surface area contributed by atoms with Gasteiger partial charge in [-0.05, 0) is 0 Å². The van der Waals surface area contributed by atoms with Crippen molar-refractivity contribution in [1.82, 2.24) is 0 Å². The molecule has 11 heavy (non-hydrogen) atoms. The molecule has 0 unspecified atom stereocenters. The van der Waals surface area contributed by atoms with Crippen LogP contribution >= 0.6 is 0 Å². The molecule has 5 heteroatoms. The van der Waals surface area contributed by atoms with Crippen LogP contribution in [0.2, 0.25) is 0 Å². The van der Waals surface area contributed by atoms with Gasteiger partial charge in [0.25, 0.3) is 0 Å². The summed E-state index contributed by atoms with van der Waals surface area (Å²) in [5, 5.41) is 0. The summed E-state index contributed by atoms with van der Waals surface area (Å²) >= 11 is 0. The Bertz CT molecular complexity index is 154. The van der Waals surface area contributed by atoms with Crippen molar-refractivity contribution in [3.8, 4) is 0 Å². The first kappa shape index (κ1) is 6.33. The van der Waals surface area contributed by atoms with Crippen LogP contribution in [-0.2, 0) is 23.7 Å². The van der Waals surface area contributed by atoms with Gasteiger partial charge in [-0.1, -0.05) is 0 Å². The lowest BCUT2D eigenvalue weighted by Crippen LogP contribution is -2.29. The zero-order chi connectivity index (χ0) is 7.26. The van der Waals surface area contributed by atoms with E-state index in [0.717, 1.165) is 0 Å². The van der Waals surface area contributed by atoms with E-state index in [1.807, 2.05) is 0 Å². The normalized spacial score (nSPS) is 54.5. The molecule has 3 fully saturated rings. The Kier molecular flexibility index (Phi) is 1.24. The highest BCUT2D eigenvalue weighted by Gasteiger charge is 2.53. The molecule has 5 nitrogen and oxygen atoms in total. The molecule has 3 saturated heterocycles. The molecule has 3 rings (SSSR count). The first-order valence-electron chi connectivity index (χ1n) is 3.57. The molecular formula is C6H8O5. The first-order chi connectivity index (χ1) is 5.45. The second-order valence-corrected chi connectivity index (χ2v) is 2.70. The molecule has 4 atom stereocenters. The van der Waals surface area contributed by atoms with Crippen LogP contribution in [0.1, 0.15) is 0 Å². The van der Waals surface area contributed by atoms with Gasteiger partial charge in [-0.3, -0.25) is 0 Å². The summed E-state index contributed by atoms with van der Waals surface area (Å²) in [5.41, 5.74) is 0. The van der Waals surface area contributed by atoms with Gasteiger partial charge in [0, 0.05) is 0 Å². The highest BCUT2D eigenvalue weighted by molar-refractivity contribution is 4.88. The second kappa shape index (κ2) is 2.15. The van der Waals surface area contributed by atoms with Crippen LogP contribution in [0.25, 0.3) is 0 Å². The summed E-state index contributed by atoms with van der Waals surface area (Å²) in [7, 11) is 0. The van der Waals surface area contributed by atoms with E-state index >= 15 is 0 Å². The first-order valence-corrected chi connectivity index (χ1v) is 3.57. The molecule has 0 bridgehead atoms. The van der Waals surface area contributed by atoms with Crippen LogP contribution < -0.4 is 0 Å². The van der Waals surface area contributed by atoms with E-state index in [2.05, 4.69) is 0 Å². The summed E-state index contributed by atoms with van der Waals surface area (Å²) in [5.74, 6) is 0. The fourth-order valence-corrected chi connectivity index (χ4v) is 1.58. The lowest BCUT2D eigenvalue weighted by Gasteiger charge is -2.08. The van der Waals surface area contributed by atoms with Crippen LogP contribution in [-0.4, -0.2) is 38.4 Å². The van der Waals surface area contributed by atoms with E-state index in [-0.39, 0.29) is 24.8 Å². The summed E-state index contributed by atoms with van der Waals surface area (Å²) in [6.07, 6.45) is -0.763. The standard InChI is InChI=1S/C6H8O5/c1-7-3-4-6(10-2-8-4)11-5(3)9-1/h3-6H,1-2H2/t3-,4-,5-,6-/m0/s1. The van der Waals surface area contributed by atoms with Crippen molar-refractivity contribution in [2.24, 2.45) is 0 Å². The van der Waals surface area contributed by atoms with E-state index in [4.69, 9.17) is 23.7 Å². The molecule has 0 spiro atoms. The van der Waals surface area contributed by atoms with E-state index in [9.17, 15) is 0 Å². The number of ether oxygens (including phenoxy) is 5. The van der Waals surface area contributed by atoms with Crippen molar-refractivity contribution in [1.29, 1.82) is 0 Å². The van der Waals surface area contributed by atoms with Crippen LogP contribution in [0.4, 0.5) is 0 Å². The maximum Gasteiger partial charge on any atom is 0.192 e. The zero-order valence-corrected chi connectivity index (χ0v) is 5.76. The molecule has 0 aromatic rings. The monoisotopic (exact) mass is 160 g/mol. The number of hydrogen-bond donors (Lipinski definition) is 0. The lowest BCUT2D eigenvalue weighted by atomic mass is 10.2. The van der Waals surface area contributed by atoms with Gasteiger partial charge >= 0.3 is 0 Å². The quantitative estimate of drug-likeness (QED) is 0.474. The predicted molar refractivity (Wildman–Crippen MR) is 30.3 cm³/mol. The molecule has 0 radical (unpaired) electrons. The molecule has 3 heterocycles. The topological polar surface area (TPSA) is 46.2 Å². The van der Waals surface area contributed by atoms with Gasteiger partial charge in [0.1, 0.15) is 12.2 Å². The Labute approximate surface area is 63.1 Å². The Morgan fingerprint density at radius 1 is 0.727 bits per heavy atom. The van der Waals surface area contributed by atoms with Crippen LogP contribution in [0.15, 0.2) is 0 Å². The van der Waals surface area contributed by atoms with Crippen molar-refractivity contribution in [2.75, 3.05) is 13.6 Å². The highest BCUT2D eigenvalue weighted by Crippen LogP contribution is 2.34. The summed E-state index contributed by atoms with van der Waals surface area (Å²) in [6.45, 7) is 0.587. The SMILES string of the molecule is C1O[C@H]2O[C@@H]3OCO[C@H]3[C@@H]2O1. The fourth-order valence-electron chi connectivity index (χ4n) is 1.58. The molecule has 0 saturated carbocycles. The zero-order valence-electron chi connectivity index (χ0n) is 5.76. The molecule has 0 N–H and O–H groups in total. The van der Waals surface area contributed by atoms with E-state index < -0.39 is 0 Å². The molecule has 62 valence electrons. The van der Waals surface area contributed by atoms with E-state index in [0.29, 0.717) is 13.6 Å². The minimum absolute atomic E-state index is 0.0949. The Balaban J connectivity index is 1.84. The van der Waals surface area contributed by atoms with Gasteiger partial charge in [0.15, 0.2) is 26.2 Å². The molecule has 0 aromatic carbocycles. The van der Waals surface area contributed by atoms with Crippen LogP contribution in [0, 0.1) is 0 Å². The summed E-state index contributed by atoms with van der Waals surface area (Å²) in [4.78, 5) is 0. The van der Waals surface area contributed by atoms with Gasteiger partial charge in [0.05, 0.1) is 0 Å². The van der Waals surface area contributed by atoms with Crippen molar-refractivity contribution >= 4 is 0 Å². The maximum atomic E-state index is 5.31. The fraction of sp³-hybridized carbons (Fsp3) is 1.00. The minimum Gasteiger partial charge on any atom is -0.344 e. The van der Waals surface area contributed by atoms with Crippen molar-refractivity contribution in [2.45, 2.75) is 24.8 Å². The molecule has 0 amide bonds. The lowest BCUT2D eigenvalue weighted by molar-refractivity contribution is -0.187. The summed E-state index contributed by atoms with van der Waals surface area (Å²) < 4.78 is 26.0. The predicted octanol–water partition coefficient (Wildman–Crippen LogP) is -0.585. The molecular weight excluding hydrogens is 152 g/mol. The van der Waals surface area contributed by atoms with Gasteiger partial charge in [0.2, 0.25) is 0 Å². The number of hydrogen-bond acceptors (Lipinski definition) is 5. The van der Waals surface area contributed by atoms with E-state index in [1.165, 1.54) is 0 Å². The van der Waals surface area contributed by atoms with Crippen molar-refractivity contribution in [3.05, 3.63) is 0 Å². The maximum absolute atomic E-state index is 5.31. The Morgan fingerprint density at radius 2 is 1.27 bits per heavy atom. The second-order valence-electron chi connectivity index (χ2n) is 2.70. The Hall–Kier alpha value is -0.200. The molecule has 3 aliphatic rings. The van der Waals surface area contributed by atoms with Crippen LogP contribution in [0.5, 0.6) is 0 Å². The van der Waals surface area contributed by atoms with Crippen molar-refractivity contribution < 1.29 is 23.7 Å². The average molecular weight is 160 g/mol.